The molecule has 0 aromatic heterocycles. The normalized spacial score (nSPS) is 20.7. The molecule has 1 aliphatic rings. The third-order valence-corrected chi connectivity index (χ3v) is 3.82. The predicted octanol–water partition coefficient (Wildman–Crippen LogP) is 2.61. The molecule has 0 amide bonds. The molecule has 19 heavy (non-hydrogen) atoms. The van der Waals surface area contributed by atoms with Crippen LogP contribution in [0.25, 0.3) is 0 Å². The summed E-state index contributed by atoms with van der Waals surface area (Å²) >= 11 is 0. The molecule has 0 radical (unpaired) electrons. The molecule has 0 saturated carbocycles. The summed E-state index contributed by atoms with van der Waals surface area (Å²) in [6.45, 7) is 8.48. The zero-order valence-corrected chi connectivity index (χ0v) is 12.2. The highest BCUT2D eigenvalue weighted by atomic mass is 16.5. The smallest absolute Gasteiger partial charge is 0.119 e. The van der Waals surface area contributed by atoms with Gasteiger partial charge in [0, 0.05) is 12.6 Å². The minimum atomic E-state index is -0.625. The first kappa shape index (κ1) is 14.4. The Kier molecular flexibility index (Phi) is 4.48. The number of aliphatic hydroxyl groups is 1. The van der Waals surface area contributed by atoms with Crippen LogP contribution in [0.2, 0.25) is 0 Å². The van der Waals surface area contributed by atoms with Crippen molar-refractivity contribution in [3.8, 4) is 5.75 Å². The highest BCUT2D eigenvalue weighted by Gasteiger charge is 2.35. The van der Waals surface area contributed by atoms with Crippen molar-refractivity contribution in [2.24, 2.45) is 0 Å². The average Bonchev–Trinajstić information content (AvgIpc) is 2.77. The van der Waals surface area contributed by atoms with E-state index in [9.17, 15) is 5.11 Å². The molecule has 1 unspecified atom stereocenters. The summed E-state index contributed by atoms with van der Waals surface area (Å²) in [6.07, 6.45) is 2.24. The standard InChI is InChI=1S/C16H25NO2/c1-13-6-4-7-14(12-13)19-11-10-17-9-5-8-15(17)16(2,3)18/h4,6-7,12,15,18H,5,8-11H2,1-3H3. The van der Waals surface area contributed by atoms with E-state index >= 15 is 0 Å². The molecule has 1 atom stereocenters. The van der Waals surface area contributed by atoms with Gasteiger partial charge in [-0.3, -0.25) is 4.90 Å². The Morgan fingerprint density at radius 2 is 2.21 bits per heavy atom. The molecule has 1 N–H and O–H groups in total. The molecule has 1 aromatic carbocycles. The van der Waals surface area contributed by atoms with E-state index in [0.717, 1.165) is 25.3 Å². The van der Waals surface area contributed by atoms with Crippen LogP contribution in [-0.4, -0.2) is 41.3 Å². The molecule has 1 aliphatic heterocycles. The van der Waals surface area contributed by atoms with Crippen LogP contribution in [0, 0.1) is 6.92 Å². The number of nitrogens with zero attached hydrogens (tertiary/aromatic N) is 1. The van der Waals surface area contributed by atoms with Crippen LogP contribution in [-0.2, 0) is 0 Å². The van der Waals surface area contributed by atoms with Crippen molar-refractivity contribution < 1.29 is 9.84 Å². The third-order valence-electron chi connectivity index (χ3n) is 3.82. The lowest BCUT2D eigenvalue weighted by Gasteiger charge is -2.33. The fourth-order valence-electron chi connectivity index (χ4n) is 2.88. The minimum absolute atomic E-state index is 0.258. The van der Waals surface area contributed by atoms with Crippen molar-refractivity contribution in [3.63, 3.8) is 0 Å². The Hall–Kier alpha value is -1.06. The summed E-state index contributed by atoms with van der Waals surface area (Å²) in [4.78, 5) is 2.34. The van der Waals surface area contributed by atoms with Crippen molar-refractivity contribution in [3.05, 3.63) is 29.8 Å². The van der Waals surface area contributed by atoms with Gasteiger partial charge in [0.15, 0.2) is 0 Å². The van der Waals surface area contributed by atoms with Crippen molar-refractivity contribution >= 4 is 0 Å². The van der Waals surface area contributed by atoms with E-state index in [1.165, 1.54) is 12.0 Å². The second-order valence-electron chi connectivity index (χ2n) is 6.01. The Bertz CT molecular complexity index is 411. The van der Waals surface area contributed by atoms with Gasteiger partial charge in [0.05, 0.1) is 5.60 Å². The Morgan fingerprint density at radius 3 is 2.89 bits per heavy atom. The van der Waals surface area contributed by atoms with Crippen LogP contribution in [0.15, 0.2) is 24.3 Å². The van der Waals surface area contributed by atoms with Crippen LogP contribution in [0.4, 0.5) is 0 Å². The summed E-state index contributed by atoms with van der Waals surface area (Å²) in [5.41, 5.74) is 0.591. The number of likely N-dealkylation sites (tertiary alicyclic amines) is 1. The monoisotopic (exact) mass is 263 g/mol. The van der Waals surface area contributed by atoms with Crippen LogP contribution in [0.3, 0.4) is 0 Å². The number of ether oxygens (including phenoxy) is 1. The van der Waals surface area contributed by atoms with Gasteiger partial charge in [-0.15, -0.1) is 0 Å². The maximum Gasteiger partial charge on any atom is 0.119 e. The third kappa shape index (κ3) is 3.95. The Balaban J connectivity index is 1.82. The average molecular weight is 263 g/mol. The zero-order valence-electron chi connectivity index (χ0n) is 12.2. The molecule has 0 spiro atoms. The first-order valence-corrected chi connectivity index (χ1v) is 7.13. The zero-order chi connectivity index (χ0) is 13.9. The first-order chi connectivity index (χ1) is 8.97. The molecular formula is C16H25NO2. The fraction of sp³-hybridized carbons (Fsp3) is 0.625. The molecule has 3 nitrogen and oxygen atoms in total. The fourth-order valence-corrected chi connectivity index (χ4v) is 2.88. The van der Waals surface area contributed by atoms with Gasteiger partial charge in [-0.1, -0.05) is 12.1 Å². The van der Waals surface area contributed by atoms with Gasteiger partial charge in [-0.05, 0) is 57.9 Å². The summed E-state index contributed by atoms with van der Waals surface area (Å²) in [5, 5.41) is 10.2. The molecule has 1 aromatic rings. The molecule has 0 bridgehead atoms. The van der Waals surface area contributed by atoms with E-state index in [4.69, 9.17) is 4.74 Å². The predicted molar refractivity (Wildman–Crippen MR) is 77.6 cm³/mol. The van der Waals surface area contributed by atoms with Crippen molar-refractivity contribution in [2.75, 3.05) is 19.7 Å². The van der Waals surface area contributed by atoms with E-state index in [0.29, 0.717) is 6.61 Å². The molecule has 1 fully saturated rings. The summed E-state index contributed by atoms with van der Waals surface area (Å²) in [7, 11) is 0. The number of rotatable bonds is 5. The van der Waals surface area contributed by atoms with Crippen molar-refractivity contribution in [1.82, 2.24) is 4.90 Å². The summed E-state index contributed by atoms with van der Waals surface area (Å²) in [6, 6.07) is 8.38. The Labute approximate surface area is 116 Å². The van der Waals surface area contributed by atoms with E-state index in [-0.39, 0.29) is 6.04 Å². The highest BCUT2D eigenvalue weighted by Crippen LogP contribution is 2.26. The number of aryl methyl sites for hydroxylation is 1. The molecule has 1 heterocycles. The van der Waals surface area contributed by atoms with Gasteiger partial charge in [0.1, 0.15) is 12.4 Å². The lowest BCUT2D eigenvalue weighted by Crippen LogP contribution is -2.46. The largest absolute Gasteiger partial charge is 0.492 e. The first-order valence-electron chi connectivity index (χ1n) is 7.13. The van der Waals surface area contributed by atoms with Gasteiger partial charge >= 0.3 is 0 Å². The van der Waals surface area contributed by atoms with E-state index in [1.807, 2.05) is 26.0 Å². The number of hydrogen-bond donors (Lipinski definition) is 1. The Morgan fingerprint density at radius 1 is 1.42 bits per heavy atom. The van der Waals surface area contributed by atoms with Gasteiger partial charge in [-0.25, -0.2) is 0 Å². The summed E-state index contributed by atoms with van der Waals surface area (Å²) in [5.74, 6) is 0.930. The van der Waals surface area contributed by atoms with E-state index in [1.54, 1.807) is 0 Å². The van der Waals surface area contributed by atoms with Crippen molar-refractivity contribution in [2.45, 2.75) is 45.3 Å². The second-order valence-corrected chi connectivity index (χ2v) is 6.01. The molecular weight excluding hydrogens is 238 g/mol. The van der Waals surface area contributed by atoms with Gasteiger partial charge in [0.25, 0.3) is 0 Å². The molecule has 0 aliphatic carbocycles. The van der Waals surface area contributed by atoms with Crippen LogP contribution < -0.4 is 4.74 Å². The van der Waals surface area contributed by atoms with Crippen LogP contribution in [0.1, 0.15) is 32.3 Å². The lowest BCUT2D eigenvalue weighted by atomic mass is 9.97. The van der Waals surface area contributed by atoms with Gasteiger partial charge in [0.2, 0.25) is 0 Å². The summed E-state index contributed by atoms with van der Waals surface area (Å²) < 4.78 is 5.79. The van der Waals surface area contributed by atoms with Crippen molar-refractivity contribution in [1.29, 1.82) is 0 Å². The van der Waals surface area contributed by atoms with Gasteiger partial charge in [-0.2, -0.15) is 0 Å². The number of hydrogen-bond acceptors (Lipinski definition) is 3. The van der Waals surface area contributed by atoms with Crippen LogP contribution in [0.5, 0.6) is 5.75 Å². The maximum atomic E-state index is 10.2. The number of benzene rings is 1. The van der Waals surface area contributed by atoms with Crippen LogP contribution >= 0.6 is 0 Å². The quantitative estimate of drug-likeness (QED) is 0.886. The SMILES string of the molecule is Cc1cccc(OCCN2CCCC2C(C)(C)O)c1. The molecule has 106 valence electrons. The van der Waals surface area contributed by atoms with E-state index < -0.39 is 5.60 Å². The minimum Gasteiger partial charge on any atom is -0.492 e. The maximum absolute atomic E-state index is 10.2. The topological polar surface area (TPSA) is 32.7 Å². The van der Waals surface area contributed by atoms with Gasteiger partial charge < -0.3 is 9.84 Å². The highest BCUT2D eigenvalue weighted by molar-refractivity contribution is 5.27. The molecule has 3 heteroatoms. The second kappa shape index (κ2) is 5.93. The van der Waals surface area contributed by atoms with E-state index in [2.05, 4.69) is 24.0 Å². The lowest BCUT2D eigenvalue weighted by molar-refractivity contribution is -0.00549. The molecule has 1 saturated heterocycles. The molecule has 2 rings (SSSR count).